The molecule has 0 aromatic rings. The number of rotatable bonds is 5. The lowest BCUT2D eigenvalue weighted by molar-refractivity contribution is -0.149. The largest absolute Gasteiger partial charge is 0.481 e. The van der Waals surface area contributed by atoms with E-state index < -0.39 is 11.9 Å². The van der Waals surface area contributed by atoms with E-state index in [2.05, 4.69) is 6.92 Å². The van der Waals surface area contributed by atoms with Crippen LogP contribution >= 0.6 is 0 Å². The Balaban J connectivity index is 2.09. The van der Waals surface area contributed by atoms with Crippen LogP contribution in [-0.4, -0.2) is 34.5 Å². The van der Waals surface area contributed by atoms with Crippen LogP contribution in [0.4, 0.5) is 0 Å². The molecule has 0 aromatic carbocycles. The lowest BCUT2D eigenvalue weighted by Crippen LogP contribution is -2.40. The molecule has 0 heterocycles. The van der Waals surface area contributed by atoms with Gasteiger partial charge in [-0.3, -0.25) is 9.59 Å². The molecule has 4 heteroatoms. The van der Waals surface area contributed by atoms with E-state index in [1.807, 2.05) is 11.8 Å². The standard InChI is InChI=1S/C14H23NO3/c1-3-9-7-11(12(8-9)14(17)18)13(16)15(4-2)10-5-6-10/h9-12H,3-8H2,1-2H3,(H,17,18). The van der Waals surface area contributed by atoms with Crippen molar-refractivity contribution in [2.45, 2.75) is 52.0 Å². The van der Waals surface area contributed by atoms with E-state index in [4.69, 9.17) is 0 Å². The minimum atomic E-state index is -0.795. The maximum Gasteiger partial charge on any atom is 0.307 e. The highest BCUT2D eigenvalue weighted by Gasteiger charge is 2.45. The average Bonchev–Trinajstić information content (AvgIpc) is 3.07. The van der Waals surface area contributed by atoms with Gasteiger partial charge in [-0.1, -0.05) is 13.3 Å². The van der Waals surface area contributed by atoms with Crippen LogP contribution in [0.15, 0.2) is 0 Å². The van der Waals surface area contributed by atoms with Crippen molar-refractivity contribution in [2.24, 2.45) is 17.8 Å². The first-order chi connectivity index (χ1) is 8.58. The third-order valence-electron chi connectivity index (χ3n) is 4.48. The topological polar surface area (TPSA) is 57.6 Å². The van der Waals surface area contributed by atoms with E-state index >= 15 is 0 Å². The molecule has 102 valence electrons. The van der Waals surface area contributed by atoms with Crippen molar-refractivity contribution in [3.8, 4) is 0 Å². The number of hydrogen-bond donors (Lipinski definition) is 1. The molecule has 4 nitrogen and oxygen atoms in total. The fraction of sp³-hybridized carbons (Fsp3) is 0.857. The average molecular weight is 253 g/mol. The lowest BCUT2D eigenvalue weighted by atomic mass is 9.94. The fourth-order valence-corrected chi connectivity index (χ4v) is 3.22. The van der Waals surface area contributed by atoms with Gasteiger partial charge in [0.2, 0.25) is 5.91 Å². The number of carbonyl (C=O) groups excluding carboxylic acids is 1. The molecule has 0 aliphatic heterocycles. The van der Waals surface area contributed by atoms with E-state index in [0.29, 0.717) is 24.9 Å². The monoisotopic (exact) mass is 253 g/mol. The summed E-state index contributed by atoms with van der Waals surface area (Å²) in [7, 11) is 0. The first-order valence-electron chi connectivity index (χ1n) is 7.11. The van der Waals surface area contributed by atoms with Crippen LogP contribution in [-0.2, 0) is 9.59 Å². The molecule has 1 amide bonds. The molecule has 18 heavy (non-hydrogen) atoms. The molecule has 1 N–H and O–H groups in total. The van der Waals surface area contributed by atoms with Gasteiger partial charge in [-0.2, -0.15) is 0 Å². The molecule has 2 saturated carbocycles. The molecule has 2 fully saturated rings. The summed E-state index contributed by atoms with van der Waals surface area (Å²) in [5.41, 5.74) is 0. The minimum Gasteiger partial charge on any atom is -0.481 e. The van der Waals surface area contributed by atoms with Crippen LogP contribution in [0.3, 0.4) is 0 Å². The van der Waals surface area contributed by atoms with Crippen molar-refractivity contribution >= 4 is 11.9 Å². The SMILES string of the molecule is CCC1CC(C(=O)O)C(C(=O)N(CC)C2CC2)C1. The molecule has 2 aliphatic rings. The summed E-state index contributed by atoms with van der Waals surface area (Å²) in [5, 5.41) is 9.28. The Bertz CT molecular complexity index is 338. The first-order valence-corrected chi connectivity index (χ1v) is 7.11. The Morgan fingerprint density at radius 2 is 1.78 bits per heavy atom. The third-order valence-corrected chi connectivity index (χ3v) is 4.48. The van der Waals surface area contributed by atoms with Crippen molar-refractivity contribution in [3.63, 3.8) is 0 Å². The van der Waals surface area contributed by atoms with E-state index in [9.17, 15) is 14.7 Å². The van der Waals surface area contributed by atoms with E-state index in [0.717, 1.165) is 25.7 Å². The molecule has 2 rings (SSSR count). The Labute approximate surface area is 108 Å². The summed E-state index contributed by atoms with van der Waals surface area (Å²) in [4.78, 5) is 25.7. The summed E-state index contributed by atoms with van der Waals surface area (Å²) >= 11 is 0. The number of carbonyl (C=O) groups is 2. The second-order valence-electron chi connectivity index (χ2n) is 5.65. The molecule has 0 aromatic heterocycles. The Hall–Kier alpha value is -1.06. The molecule has 2 aliphatic carbocycles. The van der Waals surface area contributed by atoms with Crippen LogP contribution in [0.5, 0.6) is 0 Å². The second-order valence-corrected chi connectivity index (χ2v) is 5.65. The predicted octanol–water partition coefficient (Wildman–Crippen LogP) is 2.13. The van der Waals surface area contributed by atoms with Crippen molar-refractivity contribution in [2.75, 3.05) is 6.54 Å². The zero-order valence-electron chi connectivity index (χ0n) is 11.3. The maximum absolute atomic E-state index is 12.5. The highest BCUT2D eigenvalue weighted by atomic mass is 16.4. The van der Waals surface area contributed by atoms with Gasteiger partial charge in [0.05, 0.1) is 11.8 Å². The molecular weight excluding hydrogens is 230 g/mol. The molecule has 0 bridgehead atoms. The van der Waals surface area contributed by atoms with Crippen LogP contribution in [0.1, 0.15) is 46.0 Å². The van der Waals surface area contributed by atoms with Crippen LogP contribution in [0.25, 0.3) is 0 Å². The summed E-state index contributed by atoms with van der Waals surface area (Å²) in [6, 6.07) is 0.387. The molecule has 0 radical (unpaired) electrons. The van der Waals surface area contributed by atoms with Crippen molar-refractivity contribution in [1.82, 2.24) is 4.90 Å². The Kier molecular flexibility index (Phi) is 3.93. The zero-order valence-corrected chi connectivity index (χ0v) is 11.3. The van der Waals surface area contributed by atoms with E-state index in [1.54, 1.807) is 0 Å². The van der Waals surface area contributed by atoms with Gasteiger partial charge in [-0.05, 0) is 38.5 Å². The van der Waals surface area contributed by atoms with E-state index in [-0.39, 0.29) is 11.8 Å². The molecule has 0 saturated heterocycles. The zero-order chi connectivity index (χ0) is 13.3. The summed E-state index contributed by atoms with van der Waals surface area (Å²) in [5.74, 6) is -1.05. The quantitative estimate of drug-likeness (QED) is 0.816. The minimum absolute atomic E-state index is 0.0864. The number of carboxylic acid groups (broad SMARTS) is 1. The van der Waals surface area contributed by atoms with Gasteiger partial charge in [-0.15, -0.1) is 0 Å². The van der Waals surface area contributed by atoms with Gasteiger partial charge < -0.3 is 10.0 Å². The number of nitrogens with zero attached hydrogens (tertiary/aromatic N) is 1. The highest BCUT2D eigenvalue weighted by molar-refractivity contribution is 5.85. The van der Waals surface area contributed by atoms with Gasteiger partial charge in [0.15, 0.2) is 0 Å². The fourth-order valence-electron chi connectivity index (χ4n) is 3.22. The summed E-state index contributed by atoms with van der Waals surface area (Å²) < 4.78 is 0. The maximum atomic E-state index is 12.5. The number of hydrogen-bond acceptors (Lipinski definition) is 2. The van der Waals surface area contributed by atoms with E-state index in [1.165, 1.54) is 0 Å². The summed E-state index contributed by atoms with van der Waals surface area (Å²) in [6.07, 6.45) is 4.57. The summed E-state index contributed by atoms with van der Waals surface area (Å²) in [6.45, 7) is 4.77. The van der Waals surface area contributed by atoms with Gasteiger partial charge in [0, 0.05) is 12.6 Å². The Morgan fingerprint density at radius 1 is 1.17 bits per heavy atom. The van der Waals surface area contributed by atoms with Crippen LogP contribution in [0, 0.1) is 17.8 Å². The number of carboxylic acids is 1. The lowest BCUT2D eigenvalue weighted by Gasteiger charge is -2.26. The second kappa shape index (κ2) is 5.29. The normalized spacial score (nSPS) is 31.3. The van der Waals surface area contributed by atoms with Crippen molar-refractivity contribution in [1.29, 1.82) is 0 Å². The third kappa shape index (κ3) is 2.52. The highest BCUT2D eigenvalue weighted by Crippen LogP contribution is 2.41. The van der Waals surface area contributed by atoms with Gasteiger partial charge in [0.1, 0.15) is 0 Å². The van der Waals surface area contributed by atoms with Gasteiger partial charge in [-0.25, -0.2) is 0 Å². The van der Waals surface area contributed by atoms with Gasteiger partial charge >= 0.3 is 5.97 Å². The number of amides is 1. The molecule has 3 unspecified atom stereocenters. The Morgan fingerprint density at radius 3 is 2.22 bits per heavy atom. The molecule has 3 atom stereocenters. The molecular formula is C14H23NO3. The van der Waals surface area contributed by atoms with Crippen LogP contribution in [0.2, 0.25) is 0 Å². The van der Waals surface area contributed by atoms with Crippen LogP contribution < -0.4 is 0 Å². The smallest absolute Gasteiger partial charge is 0.307 e. The van der Waals surface area contributed by atoms with Crippen molar-refractivity contribution in [3.05, 3.63) is 0 Å². The molecule has 0 spiro atoms. The predicted molar refractivity (Wildman–Crippen MR) is 68.0 cm³/mol. The van der Waals surface area contributed by atoms with Crippen molar-refractivity contribution < 1.29 is 14.7 Å². The van der Waals surface area contributed by atoms with Gasteiger partial charge in [0.25, 0.3) is 0 Å². The number of aliphatic carboxylic acids is 1. The first kappa shape index (κ1) is 13.4.